The van der Waals surface area contributed by atoms with Crippen molar-refractivity contribution in [1.82, 2.24) is 4.90 Å². The number of hydrogen-bond acceptors (Lipinski definition) is 4. The standard InChI is InChI=1S/C17H21NO4S/c19-23(20,21)17-7-5-14-4-6-16(12-15(14)13-17)22-11-3-10-18-8-1-2-9-18/h4-7,12-13H,1-3,8-11H2,(H,19,20,21). The van der Waals surface area contributed by atoms with Crippen LogP contribution >= 0.6 is 0 Å². The smallest absolute Gasteiger partial charge is 0.294 e. The minimum atomic E-state index is -4.18. The molecule has 2 aromatic rings. The average molecular weight is 335 g/mol. The number of likely N-dealkylation sites (tertiary alicyclic amines) is 1. The van der Waals surface area contributed by atoms with Crippen molar-refractivity contribution in [2.24, 2.45) is 0 Å². The lowest BCUT2D eigenvalue weighted by Gasteiger charge is -2.14. The summed E-state index contributed by atoms with van der Waals surface area (Å²) in [7, 11) is -4.18. The lowest BCUT2D eigenvalue weighted by atomic mass is 10.1. The molecular formula is C17H21NO4S. The Bertz CT molecular complexity index is 782. The second-order valence-electron chi connectivity index (χ2n) is 5.90. The minimum absolute atomic E-state index is 0.101. The first-order valence-corrected chi connectivity index (χ1v) is 9.33. The molecule has 3 rings (SSSR count). The third-order valence-corrected chi connectivity index (χ3v) is 5.02. The maximum Gasteiger partial charge on any atom is 0.294 e. The van der Waals surface area contributed by atoms with Gasteiger partial charge in [-0.2, -0.15) is 8.42 Å². The first kappa shape index (κ1) is 16.2. The van der Waals surface area contributed by atoms with Gasteiger partial charge in [0.1, 0.15) is 5.75 Å². The van der Waals surface area contributed by atoms with Crippen LogP contribution in [0.4, 0.5) is 0 Å². The Morgan fingerprint density at radius 1 is 1.04 bits per heavy atom. The molecule has 0 spiro atoms. The summed E-state index contributed by atoms with van der Waals surface area (Å²) in [5.74, 6) is 0.714. The van der Waals surface area contributed by atoms with Gasteiger partial charge in [0.2, 0.25) is 0 Å². The van der Waals surface area contributed by atoms with E-state index in [1.807, 2.05) is 12.1 Å². The van der Waals surface area contributed by atoms with Crippen molar-refractivity contribution in [3.05, 3.63) is 36.4 Å². The third-order valence-electron chi connectivity index (χ3n) is 4.17. The number of ether oxygens (including phenoxy) is 1. The maximum atomic E-state index is 11.2. The van der Waals surface area contributed by atoms with E-state index in [1.54, 1.807) is 12.1 Å². The summed E-state index contributed by atoms with van der Waals surface area (Å²) in [5.41, 5.74) is 0. The van der Waals surface area contributed by atoms with E-state index in [0.717, 1.165) is 23.7 Å². The molecule has 1 saturated heterocycles. The van der Waals surface area contributed by atoms with Crippen molar-refractivity contribution < 1.29 is 17.7 Å². The molecule has 0 saturated carbocycles. The van der Waals surface area contributed by atoms with Crippen LogP contribution in [0.25, 0.3) is 10.8 Å². The lowest BCUT2D eigenvalue weighted by molar-refractivity contribution is 0.263. The Morgan fingerprint density at radius 2 is 1.78 bits per heavy atom. The van der Waals surface area contributed by atoms with Crippen molar-refractivity contribution in [2.75, 3.05) is 26.2 Å². The summed E-state index contributed by atoms with van der Waals surface area (Å²) in [4.78, 5) is 2.35. The summed E-state index contributed by atoms with van der Waals surface area (Å²) in [6.45, 7) is 4.07. The second kappa shape index (κ2) is 6.86. The van der Waals surface area contributed by atoms with E-state index >= 15 is 0 Å². The summed E-state index contributed by atoms with van der Waals surface area (Å²) in [6.07, 6.45) is 3.56. The molecule has 1 N–H and O–H groups in total. The highest BCUT2D eigenvalue weighted by molar-refractivity contribution is 7.85. The Labute approximate surface area is 136 Å². The Morgan fingerprint density at radius 3 is 2.52 bits per heavy atom. The quantitative estimate of drug-likeness (QED) is 0.649. The van der Waals surface area contributed by atoms with E-state index in [9.17, 15) is 8.42 Å². The van der Waals surface area contributed by atoms with E-state index in [1.165, 1.54) is 38.1 Å². The van der Waals surface area contributed by atoms with Crippen LogP contribution in [0.5, 0.6) is 5.75 Å². The second-order valence-corrected chi connectivity index (χ2v) is 7.32. The first-order valence-electron chi connectivity index (χ1n) is 7.89. The van der Waals surface area contributed by atoms with Gasteiger partial charge in [0.15, 0.2) is 0 Å². The van der Waals surface area contributed by atoms with Crippen molar-refractivity contribution in [3.63, 3.8) is 0 Å². The van der Waals surface area contributed by atoms with Crippen LogP contribution in [0.2, 0.25) is 0 Å². The zero-order valence-corrected chi connectivity index (χ0v) is 13.8. The fraction of sp³-hybridized carbons (Fsp3) is 0.412. The lowest BCUT2D eigenvalue weighted by Crippen LogP contribution is -2.21. The zero-order valence-electron chi connectivity index (χ0n) is 12.9. The molecule has 1 heterocycles. The molecule has 0 radical (unpaired) electrons. The highest BCUT2D eigenvalue weighted by atomic mass is 32.2. The third kappa shape index (κ3) is 4.22. The monoisotopic (exact) mass is 335 g/mol. The normalized spacial score (nSPS) is 16.0. The average Bonchev–Trinajstić information content (AvgIpc) is 3.03. The molecule has 0 aromatic heterocycles. The fourth-order valence-electron chi connectivity index (χ4n) is 2.94. The van der Waals surface area contributed by atoms with E-state index in [4.69, 9.17) is 9.29 Å². The molecule has 0 aliphatic carbocycles. The Balaban J connectivity index is 1.64. The molecule has 1 fully saturated rings. The van der Waals surface area contributed by atoms with Crippen molar-refractivity contribution in [3.8, 4) is 5.75 Å². The predicted molar refractivity (Wildman–Crippen MR) is 89.5 cm³/mol. The highest BCUT2D eigenvalue weighted by Gasteiger charge is 2.11. The molecule has 0 unspecified atom stereocenters. The van der Waals surface area contributed by atoms with Crippen molar-refractivity contribution in [2.45, 2.75) is 24.2 Å². The van der Waals surface area contributed by atoms with Crippen LogP contribution in [-0.4, -0.2) is 44.1 Å². The molecule has 0 atom stereocenters. The van der Waals surface area contributed by atoms with Crippen LogP contribution < -0.4 is 4.74 Å². The van der Waals surface area contributed by atoms with Gasteiger partial charge < -0.3 is 9.64 Å². The SMILES string of the molecule is O=S(=O)(O)c1ccc2ccc(OCCCN3CCCC3)cc2c1. The number of hydrogen-bond donors (Lipinski definition) is 1. The van der Waals surface area contributed by atoms with E-state index in [2.05, 4.69) is 4.90 Å². The van der Waals surface area contributed by atoms with Crippen LogP contribution in [-0.2, 0) is 10.1 Å². The first-order chi connectivity index (χ1) is 11.0. The van der Waals surface area contributed by atoms with Gasteiger partial charge in [-0.15, -0.1) is 0 Å². The van der Waals surface area contributed by atoms with Gasteiger partial charge in [-0.1, -0.05) is 12.1 Å². The molecule has 2 aromatic carbocycles. The van der Waals surface area contributed by atoms with Crippen molar-refractivity contribution in [1.29, 1.82) is 0 Å². The largest absolute Gasteiger partial charge is 0.494 e. The Kier molecular flexibility index (Phi) is 4.84. The summed E-state index contributed by atoms with van der Waals surface area (Å²) in [6, 6.07) is 10.1. The van der Waals surface area contributed by atoms with Gasteiger partial charge >= 0.3 is 0 Å². The zero-order chi connectivity index (χ0) is 16.3. The molecule has 6 heteroatoms. The van der Waals surface area contributed by atoms with Crippen LogP contribution in [0.15, 0.2) is 41.3 Å². The number of fused-ring (bicyclic) bond motifs is 1. The maximum absolute atomic E-state index is 11.2. The van der Waals surface area contributed by atoms with E-state index in [0.29, 0.717) is 12.4 Å². The summed E-state index contributed by atoms with van der Waals surface area (Å²) in [5, 5.41) is 1.64. The number of nitrogens with zero attached hydrogens (tertiary/aromatic N) is 1. The number of rotatable bonds is 6. The molecule has 0 amide bonds. The van der Waals surface area contributed by atoms with Gasteiger partial charge in [-0.05, 0) is 67.4 Å². The highest BCUT2D eigenvalue weighted by Crippen LogP contribution is 2.24. The molecule has 1 aliphatic heterocycles. The molecular weight excluding hydrogens is 314 g/mol. The molecule has 1 aliphatic rings. The van der Waals surface area contributed by atoms with Gasteiger partial charge in [0.05, 0.1) is 11.5 Å². The topological polar surface area (TPSA) is 66.8 Å². The van der Waals surface area contributed by atoms with E-state index in [-0.39, 0.29) is 4.90 Å². The molecule has 23 heavy (non-hydrogen) atoms. The van der Waals surface area contributed by atoms with Crippen LogP contribution in [0, 0.1) is 0 Å². The van der Waals surface area contributed by atoms with Gasteiger partial charge in [-0.3, -0.25) is 4.55 Å². The predicted octanol–water partition coefficient (Wildman–Crippen LogP) is 2.95. The molecule has 124 valence electrons. The van der Waals surface area contributed by atoms with Crippen LogP contribution in [0.3, 0.4) is 0 Å². The van der Waals surface area contributed by atoms with Gasteiger partial charge in [-0.25, -0.2) is 0 Å². The molecule has 5 nitrogen and oxygen atoms in total. The van der Waals surface area contributed by atoms with Gasteiger partial charge in [0.25, 0.3) is 10.1 Å². The van der Waals surface area contributed by atoms with Crippen molar-refractivity contribution >= 4 is 20.9 Å². The Hall–Kier alpha value is -1.63. The minimum Gasteiger partial charge on any atom is -0.494 e. The fourth-order valence-corrected chi connectivity index (χ4v) is 3.45. The van der Waals surface area contributed by atoms with Crippen LogP contribution in [0.1, 0.15) is 19.3 Å². The van der Waals surface area contributed by atoms with E-state index < -0.39 is 10.1 Å². The molecule has 0 bridgehead atoms. The number of benzene rings is 2. The summed E-state index contributed by atoms with van der Waals surface area (Å²) >= 11 is 0. The van der Waals surface area contributed by atoms with Gasteiger partial charge in [0, 0.05) is 6.54 Å². The summed E-state index contributed by atoms with van der Waals surface area (Å²) < 4.78 is 37.3.